The maximum absolute atomic E-state index is 12.8. The van der Waals surface area contributed by atoms with E-state index in [1.807, 2.05) is 28.8 Å². The normalized spacial score (nSPS) is 20.1. The van der Waals surface area contributed by atoms with Gasteiger partial charge in [0, 0.05) is 12.2 Å². The molecule has 1 aliphatic carbocycles. The van der Waals surface area contributed by atoms with Crippen LogP contribution in [0.15, 0.2) is 29.4 Å². The van der Waals surface area contributed by atoms with Crippen molar-refractivity contribution >= 4 is 17.7 Å². The molecule has 2 aromatic rings. The summed E-state index contributed by atoms with van der Waals surface area (Å²) in [5, 5.41) is 22.3. The number of carbonyl (C=O) groups excluding carboxylic acids is 1. The van der Waals surface area contributed by atoms with Gasteiger partial charge in [-0.15, -0.1) is 10.2 Å². The zero-order valence-electron chi connectivity index (χ0n) is 19.1. The SMILES string of the molecule is COc1ccc(-c2nnc(SCC(=O)NC3(C#N)CCCCCC3)n2CC2CCCO2)cc1. The summed E-state index contributed by atoms with van der Waals surface area (Å²) >= 11 is 1.35. The van der Waals surface area contributed by atoms with E-state index >= 15 is 0 Å². The average molecular weight is 470 g/mol. The van der Waals surface area contributed by atoms with E-state index in [-0.39, 0.29) is 17.8 Å². The van der Waals surface area contributed by atoms with Crippen LogP contribution >= 0.6 is 11.8 Å². The minimum Gasteiger partial charge on any atom is -0.497 e. The van der Waals surface area contributed by atoms with Gasteiger partial charge in [-0.25, -0.2) is 0 Å². The Balaban J connectivity index is 1.48. The second-order valence-corrected chi connectivity index (χ2v) is 9.67. The van der Waals surface area contributed by atoms with Crippen molar-refractivity contribution in [3.63, 3.8) is 0 Å². The second kappa shape index (κ2) is 11.0. The van der Waals surface area contributed by atoms with Gasteiger partial charge in [0.1, 0.15) is 11.3 Å². The third-order valence-corrected chi connectivity index (χ3v) is 7.32. The molecule has 176 valence electrons. The zero-order chi connectivity index (χ0) is 23.1. The van der Waals surface area contributed by atoms with E-state index in [1.165, 1.54) is 11.8 Å². The third-order valence-electron chi connectivity index (χ3n) is 6.36. The number of nitrogens with one attached hydrogen (secondary N) is 1. The van der Waals surface area contributed by atoms with Crippen LogP contribution < -0.4 is 10.1 Å². The third kappa shape index (κ3) is 5.87. The van der Waals surface area contributed by atoms with Crippen LogP contribution in [0.2, 0.25) is 0 Å². The molecule has 2 fully saturated rings. The van der Waals surface area contributed by atoms with E-state index in [2.05, 4.69) is 21.6 Å². The van der Waals surface area contributed by atoms with Crippen LogP contribution in [0.3, 0.4) is 0 Å². The van der Waals surface area contributed by atoms with Crippen LogP contribution in [0.1, 0.15) is 51.4 Å². The van der Waals surface area contributed by atoms with Gasteiger partial charge in [0.15, 0.2) is 11.0 Å². The molecule has 2 aliphatic rings. The number of hydrogen-bond donors (Lipinski definition) is 1. The quantitative estimate of drug-likeness (QED) is 0.461. The predicted molar refractivity (Wildman–Crippen MR) is 126 cm³/mol. The Morgan fingerprint density at radius 1 is 1.24 bits per heavy atom. The minimum absolute atomic E-state index is 0.110. The predicted octanol–water partition coefficient (Wildman–Crippen LogP) is 3.96. The molecule has 9 heteroatoms. The summed E-state index contributed by atoms with van der Waals surface area (Å²) in [4.78, 5) is 12.8. The van der Waals surface area contributed by atoms with Gasteiger partial charge in [-0.05, 0) is 49.9 Å². The molecular weight excluding hydrogens is 438 g/mol. The summed E-state index contributed by atoms with van der Waals surface area (Å²) in [6.07, 6.45) is 7.78. The number of methoxy groups -OCH3 is 1. The fraction of sp³-hybridized carbons (Fsp3) is 0.583. The van der Waals surface area contributed by atoms with Gasteiger partial charge in [-0.1, -0.05) is 37.4 Å². The number of nitrogens with zero attached hydrogens (tertiary/aromatic N) is 4. The first-order valence-corrected chi connectivity index (χ1v) is 12.7. The number of thioether (sulfide) groups is 1. The number of aromatic nitrogens is 3. The summed E-state index contributed by atoms with van der Waals surface area (Å²) in [5.41, 5.74) is 0.188. The summed E-state index contributed by atoms with van der Waals surface area (Å²) < 4.78 is 13.2. The zero-order valence-corrected chi connectivity index (χ0v) is 19.9. The highest BCUT2D eigenvalue weighted by molar-refractivity contribution is 7.99. The number of hydrogen-bond acceptors (Lipinski definition) is 7. The summed E-state index contributed by atoms with van der Waals surface area (Å²) in [7, 11) is 1.64. The lowest BCUT2D eigenvalue weighted by molar-refractivity contribution is -0.120. The highest BCUT2D eigenvalue weighted by Gasteiger charge is 2.32. The van der Waals surface area contributed by atoms with Gasteiger partial charge in [0.2, 0.25) is 5.91 Å². The Labute approximate surface area is 199 Å². The van der Waals surface area contributed by atoms with Gasteiger partial charge < -0.3 is 14.8 Å². The lowest BCUT2D eigenvalue weighted by Gasteiger charge is -2.26. The Kier molecular flexibility index (Phi) is 7.89. The van der Waals surface area contributed by atoms with Crippen molar-refractivity contribution in [2.75, 3.05) is 19.5 Å². The van der Waals surface area contributed by atoms with Crippen molar-refractivity contribution in [3.8, 4) is 23.2 Å². The maximum atomic E-state index is 12.8. The highest BCUT2D eigenvalue weighted by atomic mass is 32.2. The second-order valence-electron chi connectivity index (χ2n) is 8.73. The molecule has 1 unspecified atom stereocenters. The summed E-state index contributed by atoms with van der Waals surface area (Å²) in [6, 6.07) is 10.1. The van der Waals surface area contributed by atoms with E-state index in [1.54, 1.807) is 7.11 Å². The molecular formula is C24H31N5O3S. The first kappa shape index (κ1) is 23.6. The molecule has 1 aromatic heterocycles. The van der Waals surface area contributed by atoms with Crippen molar-refractivity contribution in [2.45, 2.75) is 74.7 Å². The molecule has 0 bridgehead atoms. The largest absolute Gasteiger partial charge is 0.497 e. The lowest BCUT2D eigenvalue weighted by atomic mass is 9.92. The van der Waals surface area contributed by atoms with Crippen LogP contribution in [-0.4, -0.2) is 51.8 Å². The van der Waals surface area contributed by atoms with E-state index in [4.69, 9.17) is 9.47 Å². The molecule has 33 heavy (non-hydrogen) atoms. The number of benzene rings is 1. The smallest absolute Gasteiger partial charge is 0.231 e. The van der Waals surface area contributed by atoms with Crippen molar-refractivity contribution in [2.24, 2.45) is 0 Å². The van der Waals surface area contributed by atoms with Gasteiger partial charge in [-0.3, -0.25) is 9.36 Å². The number of ether oxygens (including phenoxy) is 2. The first-order chi connectivity index (χ1) is 16.1. The molecule has 4 rings (SSSR count). The van der Waals surface area contributed by atoms with Crippen molar-refractivity contribution in [1.29, 1.82) is 5.26 Å². The molecule has 1 saturated heterocycles. The average Bonchev–Trinajstić information content (AvgIpc) is 3.44. The molecule has 2 heterocycles. The molecule has 1 atom stereocenters. The van der Waals surface area contributed by atoms with Gasteiger partial charge >= 0.3 is 0 Å². The molecule has 1 aromatic carbocycles. The van der Waals surface area contributed by atoms with E-state index < -0.39 is 5.54 Å². The van der Waals surface area contributed by atoms with E-state index in [9.17, 15) is 10.1 Å². The Morgan fingerprint density at radius 3 is 2.64 bits per heavy atom. The summed E-state index contributed by atoms with van der Waals surface area (Å²) in [5.74, 6) is 1.57. The van der Waals surface area contributed by atoms with E-state index in [0.29, 0.717) is 11.7 Å². The van der Waals surface area contributed by atoms with Crippen LogP contribution in [0, 0.1) is 11.3 Å². The molecule has 0 spiro atoms. The van der Waals surface area contributed by atoms with Crippen LogP contribution in [0.5, 0.6) is 5.75 Å². The fourth-order valence-electron chi connectivity index (χ4n) is 4.54. The topological polar surface area (TPSA) is 102 Å². The Bertz CT molecular complexity index is 971. The number of amides is 1. The van der Waals surface area contributed by atoms with Crippen LogP contribution in [-0.2, 0) is 16.1 Å². The monoisotopic (exact) mass is 469 g/mol. The van der Waals surface area contributed by atoms with E-state index in [0.717, 1.165) is 75.1 Å². The molecule has 1 saturated carbocycles. The van der Waals surface area contributed by atoms with Gasteiger partial charge in [0.25, 0.3) is 0 Å². The highest BCUT2D eigenvalue weighted by Crippen LogP contribution is 2.29. The Morgan fingerprint density at radius 2 is 2.00 bits per heavy atom. The number of carbonyl (C=O) groups is 1. The Hall–Kier alpha value is -2.57. The first-order valence-electron chi connectivity index (χ1n) is 11.7. The number of nitriles is 1. The van der Waals surface area contributed by atoms with Gasteiger partial charge in [-0.2, -0.15) is 5.26 Å². The molecule has 0 radical (unpaired) electrons. The molecule has 1 amide bonds. The maximum Gasteiger partial charge on any atom is 0.231 e. The number of rotatable bonds is 8. The standard InChI is InChI=1S/C24H31N5O3S/c1-31-19-10-8-18(9-11-19)22-27-28-23(29(22)15-20-7-6-14-32-20)33-16-21(30)26-24(17-25)12-4-2-3-5-13-24/h8-11,20H,2-7,12-16H2,1H3,(H,26,30). The van der Waals surface area contributed by atoms with Crippen molar-refractivity contribution < 1.29 is 14.3 Å². The van der Waals surface area contributed by atoms with Crippen LogP contribution in [0.25, 0.3) is 11.4 Å². The van der Waals surface area contributed by atoms with Crippen LogP contribution in [0.4, 0.5) is 0 Å². The molecule has 1 aliphatic heterocycles. The summed E-state index contributed by atoms with van der Waals surface area (Å²) in [6.45, 7) is 1.41. The minimum atomic E-state index is -0.742. The fourth-order valence-corrected chi connectivity index (χ4v) is 5.28. The molecule has 1 N–H and O–H groups in total. The molecule has 8 nitrogen and oxygen atoms in total. The van der Waals surface area contributed by atoms with Crippen molar-refractivity contribution in [1.82, 2.24) is 20.1 Å². The van der Waals surface area contributed by atoms with Crippen molar-refractivity contribution in [3.05, 3.63) is 24.3 Å². The lowest BCUT2D eigenvalue weighted by Crippen LogP contribution is -2.47. The van der Waals surface area contributed by atoms with Gasteiger partial charge in [0.05, 0.1) is 31.6 Å².